The Morgan fingerprint density at radius 1 is 1.12 bits per heavy atom. The summed E-state index contributed by atoms with van der Waals surface area (Å²) in [6.07, 6.45) is 3.65. The number of carbonyl (C=O) groups is 1. The van der Waals surface area contributed by atoms with E-state index >= 15 is 0 Å². The molecule has 0 radical (unpaired) electrons. The summed E-state index contributed by atoms with van der Waals surface area (Å²) in [6, 6.07) is 7.61. The first-order chi connectivity index (χ1) is 12.2. The van der Waals surface area contributed by atoms with Crippen molar-refractivity contribution in [3.63, 3.8) is 0 Å². The van der Waals surface area contributed by atoms with Crippen molar-refractivity contribution in [3.8, 4) is 0 Å². The number of carbonyl (C=O) groups excluding carboxylic acids is 1. The number of aromatic nitrogens is 1. The van der Waals surface area contributed by atoms with Crippen molar-refractivity contribution in [3.05, 3.63) is 53.3 Å². The Balaban J connectivity index is 1.77. The van der Waals surface area contributed by atoms with E-state index in [4.69, 9.17) is 0 Å². The van der Waals surface area contributed by atoms with Crippen molar-refractivity contribution in [2.45, 2.75) is 26.3 Å². The van der Waals surface area contributed by atoms with Gasteiger partial charge in [-0.05, 0) is 49.6 Å². The molecule has 1 unspecified atom stereocenters. The highest BCUT2D eigenvalue weighted by atomic mass is 32.2. The standard InChI is InChI=1S/C19H23N3O3S/c1-13-6-14(2)8-16(7-13)21-17-9-15(10-20-11-17)19(23)22(3)18-4-5-26(24,25)12-18/h6-11,18,21H,4-5,12H2,1-3H3. The third-order valence-electron chi connectivity index (χ3n) is 4.57. The average Bonchev–Trinajstić information content (AvgIpc) is 2.93. The predicted molar refractivity (Wildman–Crippen MR) is 103 cm³/mol. The van der Waals surface area contributed by atoms with Gasteiger partial charge in [0.05, 0.1) is 29.0 Å². The van der Waals surface area contributed by atoms with Crippen molar-refractivity contribution in [1.29, 1.82) is 0 Å². The van der Waals surface area contributed by atoms with Crippen molar-refractivity contribution in [2.24, 2.45) is 0 Å². The van der Waals surface area contributed by atoms with Crippen LogP contribution in [0.5, 0.6) is 0 Å². The van der Waals surface area contributed by atoms with Gasteiger partial charge in [-0.25, -0.2) is 8.42 Å². The largest absolute Gasteiger partial charge is 0.354 e. The summed E-state index contributed by atoms with van der Waals surface area (Å²) in [5, 5.41) is 3.27. The minimum absolute atomic E-state index is 0.0309. The van der Waals surface area contributed by atoms with Crippen LogP contribution in [0.25, 0.3) is 0 Å². The van der Waals surface area contributed by atoms with Gasteiger partial charge < -0.3 is 10.2 Å². The van der Waals surface area contributed by atoms with E-state index in [9.17, 15) is 13.2 Å². The first-order valence-electron chi connectivity index (χ1n) is 8.51. The van der Waals surface area contributed by atoms with E-state index in [1.54, 1.807) is 19.3 Å². The number of aryl methyl sites for hydroxylation is 2. The number of hydrogen-bond donors (Lipinski definition) is 1. The molecular weight excluding hydrogens is 350 g/mol. The van der Waals surface area contributed by atoms with Gasteiger partial charge in [-0.2, -0.15) is 0 Å². The fraction of sp³-hybridized carbons (Fsp3) is 0.368. The lowest BCUT2D eigenvalue weighted by Gasteiger charge is -2.23. The molecule has 1 aliphatic heterocycles. The van der Waals surface area contributed by atoms with Crippen LogP contribution in [0.1, 0.15) is 27.9 Å². The third kappa shape index (κ3) is 4.22. The Hall–Kier alpha value is -2.41. The number of sulfone groups is 1. The number of pyridine rings is 1. The van der Waals surface area contributed by atoms with Gasteiger partial charge in [0, 0.05) is 25.0 Å². The number of anilines is 2. The summed E-state index contributed by atoms with van der Waals surface area (Å²) in [4.78, 5) is 18.4. The van der Waals surface area contributed by atoms with Gasteiger partial charge in [0.15, 0.2) is 9.84 Å². The van der Waals surface area contributed by atoms with Crippen LogP contribution < -0.4 is 5.32 Å². The SMILES string of the molecule is Cc1cc(C)cc(Nc2cncc(C(=O)N(C)C3CCS(=O)(=O)C3)c2)c1. The second-order valence-corrected chi connectivity index (χ2v) is 9.17. The van der Waals surface area contributed by atoms with Crippen molar-refractivity contribution >= 4 is 27.1 Å². The van der Waals surface area contributed by atoms with Crippen LogP contribution >= 0.6 is 0 Å². The van der Waals surface area contributed by atoms with E-state index in [1.165, 1.54) is 11.1 Å². The highest BCUT2D eigenvalue weighted by Crippen LogP contribution is 2.22. The van der Waals surface area contributed by atoms with E-state index in [0.717, 1.165) is 16.8 Å². The summed E-state index contributed by atoms with van der Waals surface area (Å²) < 4.78 is 23.3. The maximum atomic E-state index is 12.7. The maximum Gasteiger partial charge on any atom is 0.255 e. The summed E-state index contributed by atoms with van der Waals surface area (Å²) in [5.74, 6) is -0.0472. The second-order valence-electron chi connectivity index (χ2n) is 6.94. The Labute approximate surface area is 154 Å². The molecule has 0 saturated carbocycles. The summed E-state index contributed by atoms with van der Waals surface area (Å²) in [5.41, 5.74) is 4.38. The van der Waals surface area contributed by atoms with E-state index < -0.39 is 9.84 Å². The molecule has 1 aromatic carbocycles. The smallest absolute Gasteiger partial charge is 0.255 e. The molecule has 1 fully saturated rings. The van der Waals surface area contributed by atoms with Crippen LogP contribution in [0.4, 0.5) is 11.4 Å². The summed E-state index contributed by atoms with van der Waals surface area (Å²) in [7, 11) is -1.38. The predicted octanol–water partition coefficient (Wildman–Crippen LogP) is 2.70. The Kier molecular flexibility index (Phi) is 5.00. The molecule has 1 amide bonds. The number of nitrogens with zero attached hydrogens (tertiary/aromatic N) is 2. The molecule has 1 aromatic heterocycles. The molecule has 6 nitrogen and oxygen atoms in total. The second kappa shape index (κ2) is 7.07. The molecule has 1 aliphatic rings. The van der Waals surface area contributed by atoms with Crippen molar-refractivity contribution < 1.29 is 13.2 Å². The fourth-order valence-electron chi connectivity index (χ4n) is 3.29. The lowest BCUT2D eigenvalue weighted by molar-refractivity contribution is 0.0747. The summed E-state index contributed by atoms with van der Waals surface area (Å²) in [6.45, 7) is 4.06. The van der Waals surface area contributed by atoms with Crippen LogP contribution in [0.3, 0.4) is 0 Å². The molecule has 2 aromatic rings. The zero-order valence-corrected chi connectivity index (χ0v) is 16.0. The number of amides is 1. The molecule has 1 atom stereocenters. The molecule has 0 spiro atoms. The van der Waals surface area contributed by atoms with Gasteiger partial charge in [-0.3, -0.25) is 9.78 Å². The van der Waals surface area contributed by atoms with Crippen molar-refractivity contribution in [2.75, 3.05) is 23.9 Å². The minimum atomic E-state index is -3.04. The lowest BCUT2D eigenvalue weighted by atomic mass is 10.1. The molecule has 0 bridgehead atoms. The van der Waals surface area contributed by atoms with Crippen LogP contribution in [0, 0.1) is 13.8 Å². The topological polar surface area (TPSA) is 79.4 Å². The highest BCUT2D eigenvalue weighted by Gasteiger charge is 2.33. The van der Waals surface area contributed by atoms with Gasteiger partial charge >= 0.3 is 0 Å². The van der Waals surface area contributed by atoms with Gasteiger partial charge in [-0.1, -0.05) is 6.07 Å². The fourth-order valence-corrected chi connectivity index (χ4v) is 5.06. The highest BCUT2D eigenvalue weighted by molar-refractivity contribution is 7.91. The monoisotopic (exact) mass is 373 g/mol. The summed E-state index contributed by atoms with van der Waals surface area (Å²) >= 11 is 0. The normalized spacial score (nSPS) is 18.5. The first-order valence-corrected chi connectivity index (χ1v) is 10.3. The average molecular weight is 373 g/mol. The van der Waals surface area contributed by atoms with E-state index in [0.29, 0.717) is 17.7 Å². The molecular formula is C19H23N3O3S. The molecule has 1 N–H and O–H groups in total. The maximum absolute atomic E-state index is 12.7. The Bertz CT molecular complexity index is 921. The molecule has 26 heavy (non-hydrogen) atoms. The van der Waals surface area contributed by atoms with Gasteiger partial charge in [-0.15, -0.1) is 0 Å². The number of nitrogens with one attached hydrogen (secondary N) is 1. The van der Waals surface area contributed by atoms with Crippen LogP contribution in [-0.2, 0) is 9.84 Å². The molecule has 138 valence electrons. The lowest BCUT2D eigenvalue weighted by Crippen LogP contribution is -2.37. The molecule has 0 aliphatic carbocycles. The van der Waals surface area contributed by atoms with Crippen molar-refractivity contribution in [1.82, 2.24) is 9.88 Å². The molecule has 1 saturated heterocycles. The molecule has 2 heterocycles. The third-order valence-corrected chi connectivity index (χ3v) is 6.32. The zero-order valence-electron chi connectivity index (χ0n) is 15.2. The minimum Gasteiger partial charge on any atom is -0.354 e. The van der Waals surface area contributed by atoms with Crippen LogP contribution in [0.15, 0.2) is 36.7 Å². The van der Waals surface area contributed by atoms with Crippen LogP contribution in [-0.4, -0.2) is 48.8 Å². The quantitative estimate of drug-likeness (QED) is 0.891. The van der Waals surface area contributed by atoms with Crippen LogP contribution in [0.2, 0.25) is 0 Å². The molecule has 7 heteroatoms. The number of benzene rings is 1. The number of hydrogen-bond acceptors (Lipinski definition) is 5. The number of rotatable bonds is 4. The zero-order chi connectivity index (χ0) is 18.9. The van der Waals surface area contributed by atoms with Gasteiger partial charge in [0.2, 0.25) is 0 Å². The van der Waals surface area contributed by atoms with E-state index in [1.807, 2.05) is 26.0 Å². The van der Waals surface area contributed by atoms with Gasteiger partial charge in [0.1, 0.15) is 0 Å². The Morgan fingerprint density at radius 3 is 2.42 bits per heavy atom. The van der Waals surface area contributed by atoms with E-state index in [2.05, 4.69) is 16.4 Å². The van der Waals surface area contributed by atoms with Gasteiger partial charge in [0.25, 0.3) is 5.91 Å². The Morgan fingerprint density at radius 2 is 1.81 bits per heavy atom. The molecule has 3 rings (SSSR count). The van der Waals surface area contributed by atoms with E-state index in [-0.39, 0.29) is 23.5 Å². The first kappa shape index (κ1) is 18.4.